The second kappa shape index (κ2) is 9.37. The molecule has 1 fully saturated rings. The van der Waals surface area contributed by atoms with E-state index in [0.717, 1.165) is 4.47 Å². The summed E-state index contributed by atoms with van der Waals surface area (Å²) in [5, 5.41) is 0. The van der Waals surface area contributed by atoms with Crippen LogP contribution in [0.4, 0.5) is 10.5 Å². The number of furan rings is 1. The molecule has 4 heterocycles. The maximum Gasteiger partial charge on any atom is 0.415 e. The summed E-state index contributed by atoms with van der Waals surface area (Å²) in [7, 11) is 1.30. The fourth-order valence-corrected chi connectivity index (χ4v) is 5.60. The number of hydrogen-bond acceptors (Lipinski definition) is 7. The Bertz CT molecular complexity index is 1360. The van der Waals surface area contributed by atoms with Gasteiger partial charge in [-0.05, 0) is 50.3 Å². The largest absolute Gasteiger partial charge is 0.465 e. The lowest BCUT2D eigenvalue weighted by molar-refractivity contribution is -0.140. The van der Waals surface area contributed by atoms with Crippen LogP contribution in [0.15, 0.2) is 75.2 Å². The van der Waals surface area contributed by atoms with Crippen LogP contribution in [0.25, 0.3) is 0 Å². The van der Waals surface area contributed by atoms with E-state index in [9.17, 15) is 14.4 Å². The summed E-state index contributed by atoms with van der Waals surface area (Å²) in [5.41, 5.74) is 2.53. The highest BCUT2D eigenvalue weighted by atomic mass is 79.9. The lowest BCUT2D eigenvalue weighted by Gasteiger charge is -2.29. The van der Waals surface area contributed by atoms with E-state index >= 15 is 0 Å². The fraction of sp³-hybridized carbons (Fsp3) is 0.321. The van der Waals surface area contributed by atoms with Crippen LogP contribution < -0.4 is 4.90 Å². The smallest absolute Gasteiger partial charge is 0.415 e. The standard InChI is InChI=1S/C28H26BrNO7/c1-13(2)17-10-20-18(26(31)34-5)11-21(35-20)23(14(3)4)22-12-19(27(32)36-22)24-25(17)37-28(33)30(24)16-8-6-15(29)7-9-16/h6-9,11-12,17,22-25H,1,3,10H2,2,4-5H3. The molecule has 0 radical (unpaired) electrons. The Balaban J connectivity index is 1.73. The van der Waals surface area contributed by atoms with Gasteiger partial charge in [0.25, 0.3) is 0 Å². The van der Waals surface area contributed by atoms with Crippen molar-refractivity contribution in [2.45, 2.75) is 44.4 Å². The molecule has 3 aliphatic rings. The van der Waals surface area contributed by atoms with Gasteiger partial charge in [0.15, 0.2) is 0 Å². The van der Waals surface area contributed by atoms with E-state index in [1.165, 1.54) is 12.0 Å². The van der Waals surface area contributed by atoms with Crippen molar-refractivity contribution < 1.29 is 33.0 Å². The summed E-state index contributed by atoms with van der Waals surface area (Å²) in [4.78, 5) is 40.8. The number of benzene rings is 1. The van der Waals surface area contributed by atoms with Crippen molar-refractivity contribution in [1.82, 2.24) is 0 Å². The zero-order valence-corrected chi connectivity index (χ0v) is 22.2. The van der Waals surface area contributed by atoms with Gasteiger partial charge in [-0.3, -0.25) is 4.90 Å². The number of fused-ring (bicyclic) bond motifs is 5. The number of rotatable bonds is 4. The molecule has 9 heteroatoms. The fourth-order valence-electron chi connectivity index (χ4n) is 5.33. The van der Waals surface area contributed by atoms with Gasteiger partial charge >= 0.3 is 18.0 Å². The third kappa shape index (κ3) is 4.21. The van der Waals surface area contributed by atoms with Gasteiger partial charge < -0.3 is 18.6 Å². The SMILES string of the molecule is C=C(C)C1Cc2oc(cc2C(=O)OC)C(C(=C)C)C2C=C(C(=O)O2)C2C1OC(=O)N2c1ccc(Br)cc1. The molecule has 4 bridgehead atoms. The van der Waals surface area contributed by atoms with Gasteiger partial charge in [-0.15, -0.1) is 0 Å². The summed E-state index contributed by atoms with van der Waals surface area (Å²) in [5.74, 6) is -1.31. The van der Waals surface area contributed by atoms with E-state index in [0.29, 0.717) is 33.9 Å². The summed E-state index contributed by atoms with van der Waals surface area (Å²) in [6.07, 6.45) is -0.213. The quantitative estimate of drug-likeness (QED) is 0.274. The predicted octanol–water partition coefficient (Wildman–Crippen LogP) is 5.48. The number of nitrogens with zero attached hydrogens (tertiary/aromatic N) is 1. The monoisotopic (exact) mass is 567 g/mol. The second-order valence-electron chi connectivity index (χ2n) is 9.59. The van der Waals surface area contributed by atoms with Crippen LogP contribution >= 0.6 is 15.9 Å². The lowest BCUT2D eigenvalue weighted by atomic mass is 9.82. The number of hydrogen-bond donors (Lipinski definition) is 0. The Morgan fingerprint density at radius 3 is 2.43 bits per heavy atom. The molecule has 5 atom stereocenters. The summed E-state index contributed by atoms with van der Waals surface area (Å²) in [6, 6.07) is 8.00. The maximum atomic E-state index is 13.3. The third-order valence-electron chi connectivity index (χ3n) is 7.10. The Morgan fingerprint density at radius 1 is 1.11 bits per heavy atom. The van der Waals surface area contributed by atoms with E-state index in [1.807, 2.05) is 19.1 Å². The van der Waals surface area contributed by atoms with Crippen LogP contribution in [-0.2, 0) is 25.4 Å². The van der Waals surface area contributed by atoms with Gasteiger partial charge in [-0.1, -0.05) is 40.2 Å². The molecule has 1 aromatic carbocycles. The van der Waals surface area contributed by atoms with Gasteiger partial charge in [-0.2, -0.15) is 0 Å². The van der Waals surface area contributed by atoms with Gasteiger partial charge in [-0.25, -0.2) is 14.4 Å². The Kier molecular flexibility index (Phi) is 6.35. The second-order valence-corrected chi connectivity index (χ2v) is 10.5. The molecule has 1 amide bonds. The highest BCUT2D eigenvalue weighted by Crippen LogP contribution is 2.44. The van der Waals surface area contributed by atoms with Crippen LogP contribution in [0.2, 0.25) is 0 Å². The Hall–Kier alpha value is -3.59. The first-order valence-corrected chi connectivity index (χ1v) is 12.6. The summed E-state index contributed by atoms with van der Waals surface area (Å²) >= 11 is 3.42. The molecule has 1 aromatic heterocycles. The summed E-state index contributed by atoms with van der Waals surface area (Å²) < 4.78 is 23.8. The van der Waals surface area contributed by atoms with Crippen molar-refractivity contribution in [1.29, 1.82) is 0 Å². The number of amides is 1. The van der Waals surface area contributed by atoms with E-state index in [4.69, 9.17) is 18.6 Å². The lowest BCUT2D eigenvalue weighted by Crippen LogP contribution is -2.43. The number of methoxy groups -OCH3 is 1. The van der Waals surface area contributed by atoms with Crippen LogP contribution in [-0.4, -0.2) is 43.4 Å². The zero-order chi connectivity index (χ0) is 26.6. The summed E-state index contributed by atoms with van der Waals surface area (Å²) in [6.45, 7) is 11.9. The third-order valence-corrected chi connectivity index (χ3v) is 7.63. The number of esters is 2. The minimum Gasteiger partial charge on any atom is -0.465 e. The molecular weight excluding hydrogens is 542 g/mol. The van der Waals surface area contributed by atoms with E-state index in [2.05, 4.69) is 29.1 Å². The first-order valence-electron chi connectivity index (χ1n) is 11.8. The van der Waals surface area contributed by atoms with Crippen LogP contribution in [0.1, 0.15) is 41.6 Å². The van der Waals surface area contributed by atoms with Crippen molar-refractivity contribution >= 4 is 39.6 Å². The van der Waals surface area contributed by atoms with Crippen molar-refractivity contribution in [2.75, 3.05) is 12.0 Å². The van der Waals surface area contributed by atoms with Crippen LogP contribution in [0, 0.1) is 5.92 Å². The molecule has 5 rings (SSSR count). The van der Waals surface area contributed by atoms with Crippen molar-refractivity contribution in [3.8, 4) is 0 Å². The first-order chi connectivity index (χ1) is 17.6. The molecule has 0 saturated carbocycles. The number of carbonyl (C=O) groups excluding carboxylic acids is 3. The van der Waals surface area contributed by atoms with Gasteiger partial charge in [0.05, 0.1) is 18.6 Å². The van der Waals surface area contributed by atoms with Crippen molar-refractivity contribution in [3.63, 3.8) is 0 Å². The molecular formula is C28H26BrNO7. The highest BCUT2D eigenvalue weighted by molar-refractivity contribution is 9.10. The molecule has 8 nitrogen and oxygen atoms in total. The van der Waals surface area contributed by atoms with Crippen molar-refractivity contribution in [2.24, 2.45) is 5.92 Å². The molecule has 0 aliphatic carbocycles. The minimum atomic E-state index is -0.799. The molecule has 37 heavy (non-hydrogen) atoms. The predicted molar refractivity (Wildman–Crippen MR) is 138 cm³/mol. The normalized spacial score (nSPS) is 26.4. The highest BCUT2D eigenvalue weighted by Gasteiger charge is 2.53. The molecule has 1 saturated heterocycles. The molecule has 0 N–H and O–H groups in total. The van der Waals surface area contributed by atoms with Crippen molar-refractivity contribution in [3.05, 3.63) is 87.8 Å². The average Bonchev–Trinajstić information content (AvgIpc) is 3.51. The van der Waals surface area contributed by atoms with Crippen LogP contribution in [0.5, 0.6) is 0 Å². The average molecular weight is 568 g/mol. The van der Waals surface area contributed by atoms with Gasteiger partial charge in [0.1, 0.15) is 35.3 Å². The Morgan fingerprint density at radius 2 is 1.81 bits per heavy atom. The number of ether oxygens (including phenoxy) is 3. The maximum absolute atomic E-state index is 13.3. The van der Waals surface area contributed by atoms with Gasteiger partial charge in [0, 0.05) is 22.5 Å². The van der Waals surface area contributed by atoms with E-state index < -0.39 is 48.1 Å². The van der Waals surface area contributed by atoms with E-state index in [1.54, 1.807) is 31.2 Å². The molecule has 0 spiro atoms. The zero-order valence-electron chi connectivity index (χ0n) is 20.7. The number of carbonyl (C=O) groups is 3. The topological polar surface area (TPSA) is 95.3 Å². The van der Waals surface area contributed by atoms with E-state index in [-0.39, 0.29) is 12.0 Å². The van der Waals surface area contributed by atoms with Crippen LogP contribution in [0.3, 0.4) is 0 Å². The Labute approximate surface area is 222 Å². The number of anilines is 1. The molecule has 5 unspecified atom stereocenters. The molecule has 192 valence electrons. The molecule has 3 aliphatic heterocycles. The van der Waals surface area contributed by atoms with Gasteiger partial charge in [0.2, 0.25) is 0 Å². The first kappa shape index (κ1) is 25.1. The number of halogens is 1. The minimum absolute atomic E-state index is 0.207. The molecule has 2 aromatic rings.